The number of anilines is 1. The number of nitrogens with one attached hydrogen (secondary N) is 1. The summed E-state index contributed by atoms with van der Waals surface area (Å²) in [4.78, 5) is 7.81. The molecule has 0 bridgehead atoms. The summed E-state index contributed by atoms with van der Waals surface area (Å²) in [5, 5.41) is 2.80. The van der Waals surface area contributed by atoms with Gasteiger partial charge in [0, 0.05) is 12.1 Å². The molecule has 0 fully saturated rings. The molecule has 0 atom stereocenters. The lowest BCUT2D eigenvalue weighted by Crippen LogP contribution is -2.04. The summed E-state index contributed by atoms with van der Waals surface area (Å²) in [6, 6.07) is 3.92. The molecule has 0 saturated heterocycles. The van der Waals surface area contributed by atoms with Crippen LogP contribution in [0, 0.1) is 11.6 Å². The average molecular weight is 270 g/mol. The molecule has 18 heavy (non-hydrogen) atoms. The highest BCUT2D eigenvalue weighted by Crippen LogP contribution is 2.25. The second-order valence-electron chi connectivity index (χ2n) is 3.55. The number of benzene rings is 1. The summed E-state index contributed by atoms with van der Waals surface area (Å²) in [5.74, 6) is -0.824. The van der Waals surface area contributed by atoms with Gasteiger partial charge in [-0.1, -0.05) is 11.6 Å². The summed E-state index contributed by atoms with van der Waals surface area (Å²) >= 11 is 5.66. The molecule has 0 saturated carbocycles. The predicted molar refractivity (Wildman–Crippen MR) is 66.6 cm³/mol. The quantitative estimate of drug-likeness (QED) is 0.927. The van der Waals surface area contributed by atoms with E-state index in [4.69, 9.17) is 11.6 Å². The first-order valence-electron chi connectivity index (χ1n) is 5.33. The van der Waals surface area contributed by atoms with Gasteiger partial charge in [0.25, 0.3) is 0 Å². The number of hydrogen-bond acceptors (Lipinski definition) is 3. The molecule has 6 heteroatoms. The lowest BCUT2D eigenvalue weighted by molar-refractivity contribution is 0.617. The van der Waals surface area contributed by atoms with E-state index in [9.17, 15) is 8.78 Å². The molecule has 2 aromatic rings. The van der Waals surface area contributed by atoms with Crippen molar-refractivity contribution in [1.29, 1.82) is 0 Å². The van der Waals surface area contributed by atoms with Crippen LogP contribution in [0.1, 0.15) is 6.92 Å². The highest BCUT2D eigenvalue weighted by Gasteiger charge is 2.11. The van der Waals surface area contributed by atoms with Crippen LogP contribution < -0.4 is 5.32 Å². The van der Waals surface area contributed by atoms with Gasteiger partial charge in [0.1, 0.15) is 11.5 Å². The van der Waals surface area contributed by atoms with Crippen molar-refractivity contribution in [2.75, 3.05) is 11.9 Å². The summed E-state index contributed by atoms with van der Waals surface area (Å²) < 4.78 is 26.7. The van der Waals surface area contributed by atoms with Crippen molar-refractivity contribution in [3.8, 4) is 11.3 Å². The van der Waals surface area contributed by atoms with Gasteiger partial charge in [-0.15, -0.1) is 0 Å². The molecule has 1 aromatic carbocycles. The molecule has 0 amide bonds. The van der Waals surface area contributed by atoms with E-state index in [0.29, 0.717) is 18.1 Å². The van der Waals surface area contributed by atoms with Crippen molar-refractivity contribution in [1.82, 2.24) is 9.97 Å². The second-order valence-corrected chi connectivity index (χ2v) is 3.96. The molecule has 3 nitrogen and oxygen atoms in total. The third kappa shape index (κ3) is 2.56. The first-order chi connectivity index (χ1) is 8.61. The van der Waals surface area contributed by atoms with Gasteiger partial charge in [0.2, 0.25) is 5.95 Å². The van der Waals surface area contributed by atoms with Crippen molar-refractivity contribution in [3.63, 3.8) is 0 Å². The minimum atomic E-state index is -0.584. The summed E-state index contributed by atoms with van der Waals surface area (Å²) in [7, 11) is 0. The third-order valence-electron chi connectivity index (χ3n) is 2.27. The molecule has 1 N–H and O–H groups in total. The van der Waals surface area contributed by atoms with E-state index in [2.05, 4.69) is 15.3 Å². The normalized spacial score (nSPS) is 10.4. The first kappa shape index (κ1) is 12.7. The Bertz CT molecular complexity index is 575. The SMILES string of the molecule is CCNc1ncc(F)c(-c2ccc(F)c(Cl)c2)n1. The molecular weight excluding hydrogens is 260 g/mol. The highest BCUT2D eigenvalue weighted by atomic mass is 35.5. The number of rotatable bonds is 3. The fourth-order valence-corrected chi connectivity index (χ4v) is 1.64. The Morgan fingerprint density at radius 1 is 1.28 bits per heavy atom. The zero-order valence-electron chi connectivity index (χ0n) is 9.54. The Balaban J connectivity index is 2.48. The van der Waals surface area contributed by atoms with Crippen LogP contribution in [0.2, 0.25) is 5.02 Å². The third-order valence-corrected chi connectivity index (χ3v) is 2.56. The smallest absolute Gasteiger partial charge is 0.223 e. The van der Waals surface area contributed by atoms with Crippen LogP contribution in [0.5, 0.6) is 0 Å². The fourth-order valence-electron chi connectivity index (χ4n) is 1.46. The van der Waals surface area contributed by atoms with Crippen molar-refractivity contribution < 1.29 is 8.78 Å². The summed E-state index contributed by atoms with van der Waals surface area (Å²) in [6.45, 7) is 2.50. The Labute approximate surface area is 108 Å². The molecular formula is C12H10ClF2N3. The van der Waals surface area contributed by atoms with Crippen molar-refractivity contribution in [3.05, 3.63) is 41.1 Å². The molecule has 0 spiro atoms. The molecule has 0 aliphatic heterocycles. The maximum atomic E-state index is 13.6. The molecule has 0 unspecified atom stereocenters. The van der Waals surface area contributed by atoms with Gasteiger partial charge in [-0.05, 0) is 25.1 Å². The van der Waals surface area contributed by atoms with Gasteiger partial charge in [-0.25, -0.2) is 18.7 Å². The van der Waals surface area contributed by atoms with Crippen LogP contribution >= 0.6 is 11.6 Å². The van der Waals surface area contributed by atoms with Crippen molar-refractivity contribution in [2.24, 2.45) is 0 Å². The molecule has 0 aliphatic carbocycles. The molecule has 0 radical (unpaired) electrons. The standard InChI is InChI=1S/C12H10ClF2N3/c1-2-16-12-17-6-10(15)11(18-12)7-3-4-9(14)8(13)5-7/h3-6H,2H2,1H3,(H,16,17,18). The number of halogens is 3. The number of aromatic nitrogens is 2. The van der Waals surface area contributed by atoms with Gasteiger partial charge in [0.05, 0.1) is 11.2 Å². The monoisotopic (exact) mass is 269 g/mol. The molecule has 1 aromatic heterocycles. The number of nitrogens with zero attached hydrogens (tertiary/aromatic N) is 2. The summed E-state index contributed by atoms with van der Waals surface area (Å²) in [6.07, 6.45) is 1.07. The maximum Gasteiger partial charge on any atom is 0.223 e. The zero-order chi connectivity index (χ0) is 13.1. The van der Waals surface area contributed by atoms with E-state index in [1.165, 1.54) is 18.2 Å². The second kappa shape index (κ2) is 5.27. The van der Waals surface area contributed by atoms with Gasteiger partial charge in [0.15, 0.2) is 5.82 Å². The Kier molecular flexibility index (Phi) is 3.72. The van der Waals surface area contributed by atoms with Gasteiger partial charge < -0.3 is 5.32 Å². The molecule has 0 aliphatic rings. The molecule has 1 heterocycles. The van der Waals surface area contributed by atoms with Crippen LogP contribution in [-0.4, -0.2) is 16.5 Å². The van der Waals surface area contributed by atoms with Crippen LogP contribution in [0.25, 0.3) is 11.3 Å². The lowest BCUT2D eigenvalue weighted by Gasteiger charge is -2.06. The van der Waals surface area contributed by atoms with Crippen LogP contribution in [0.4, 0.5) is 14.7 Å². The fraction of sp³-hybridized carbons (Fsp3) is 0.167. The average Bonchev–Trinajstić information content (AvgIpc) is 2.35. The zero-order valence-corrected chi connectivity index (χ0v) is 10.3. The van der Waals surface area contributed by atoms with Crippen molar-refractivity contribution >= 4 is 17.5 Å². The topological polar surface area (TPSA) is 37.8 Å². The molecule has 94 valence electrons. The molecule has 2 rings (SSSR count). The van der Waals surface area contributed by atoms with Crippen molar-refractivity contribution in [2.45, 2.75) is 6.92 Å². The first-order valence-corrected chi connectivity index (χ1v) is 5.71. The summed E-state index contributed by atoms with van der Waals surface area (Å²) in [5.41, 5.74) is 0.489. The van der Waals surface area contributed by atoms with E-state index >= 15 is 0 Å². The van der Waals surface area contributed by atoms with Crippen LogP contribution in [0.3, 0.4) is 0 Å². The van der Waals surface area contributed by atoms with E-state index < -0.39 is 11.6 Å². The largest absolute Gasteiger partial charge is 0.354 e. The lowest BCUT2D eigenvalue weighted by atomic mass is 10.1. The van der Waals surface area contributed by atoms with Crippen LogP contribution in [0.15, 0.2) is 24.4 Å². The van der Waals surface area contributed by atoms with Gasteiger partial charge in [-0.2, -0.15) is 0 Å². The van der Waals surface area contributed by atoms with Gasteiger partial charge >= 0.3 is 0 Å². The maximum absolute atomic E-state index is 13.6. The Morgan fingerprint density at radius 2 is 2.06 bits per heavy atom. The van der Waals surface area contributed by atoms with E-state index in [1.807, 2.05) is 6.92 Å². The van der Waals surface area contributed by atoms with Gasteiger partial charge in [-0.3, -0.25) is 0 Å². The van der Waals surface area contributed by atoms with E-state index in [1.54, 1.807) is 0 Å². The minimum absolute atomic E-state index is 0.0736. The number of hydrogen-bond donors (Lipinski definition) is 1. The predicted octanol–water partition coefficient (Wildman–Crippen LogP) is 3.51. The highest BCUT2D eigenvalue weighted by molar-refractivity contribution is 6.31. The van der Waals surface area contributed by atoms with Crippen LogP contribution in [-0.2, 0) is 0 Å². The van der Waals surface area contributed by atoms with E-state index in [-0.39, 0.29) is 10.7 Å². The minimum Gasteiger partial charge on any atom is -0.354 e. The Morgan fingerprint density at radius 3 is 2.72 bits per heavy atom. The van der Waals surface area contributed by atoms with E-state index in [0.717, 1.165) is 6.20 Å². The Hall–Kier alpha value is -1.75.